The highest BCUT2D eigenvalue weighted by Gasteiger charge is 2.35. The lowest BCUT2D eigenvalue weighted by Gasteiger charge is -2.39. The highest BCUT2D eigenvalue weighted by Crippen LogP contribution is 2.25. The zero-order chi connectivity index (χ0) is 11.6. The summed E-state index contributed by atoms with van der Waals surface area (Å²) in [5.74, 6) is 0.597. The monoisotopic (exact) mass is 226 g/mol. The lowest BCUT2D eigenvalue weighted by Crippen LogP contribution is -2.55. The number of ether oxygens (including phenoxy) is 1. The van der Waals surface area contributed by atoms with Crippen molar-refractivity contribution in [1.29, 1.82) is 0 Å². The second-order valence-electron chi connectivity index (χ2n) is 5.57. The Kier molecular flexibility index (Phi) is 3.50. The molecule has 2 N–H and O–H groups in total. The lowest BCUT2D eigenvalue weighted by atomic mass is 9.88. The van der Waals surface area contributed by atoms with Gasteiger partial charge in [-0.2, -0.15) is 0 Å². The zero-order valence-electron chi connectivity index (χ0n) is 10.2. The Morgan fingerprint density at radius 1 is 1.56 bits per heavy atom. The SMILES string of the molecule is CC1CCCNC1C(=O)NCC1(C)COC1. The fourth-order valence-electron chi connectivity index (χ4n) is 2.36. The standard InChI is InChI=1S/C12H22N2O2/c1-9-4-3-5-13-10(9)11(15)14-6-12(2)7-16-8-12/h9-10,13H,3-8H2,1-2H3,(H,14,15). The van der Waals surface area contributed by atoms with Gasteiger partial charge < -0.3 is 15.4 Å². The van der Waals surface area contributed by atoms with Crippen molar-refractivity contribution in [2.75, 3.05) is 26.3 Å². The van der Waals surface area contributed by atoms with Gasteiger partial charge in [0.1, 0.15) is 0 Å². The summed E-state index contributed by atoms with van der Waals surface area (Å²) in [6.45, 7) is 7.51. The number of rotatable bonds is 3. The minimum absolute atomic E-state index is 0.00153. The van der Waals surface area contributed by atoms with E-state index >= 15 is 0 Å². The van der Waals surface area contributed by atoms with E-state index in [1.165, 1.54) is 6.42 Å². The van der Waals surface area contributed by atoms with Gasteiger partial charge in [0.2, 0.25) is 5.91 Å². The van der Waals surface area contributed by atoms with Crippen molar-refractivity contribution in [3.05, 3.63) is 0 Å². The molecule has 2 rings (SSSR count). The van der Waals surface area contributed by atoms with Crippen LogP contribution in [0, 0.1) is 11.3 Å². The minimum atomic E-state index is -0.00153. The Bertz CT molecular complexity index is 264. The molecule has 2 saturated heterocycles. The molecule has 2 unspecified atom stereocenters. The normalized spacial score (nSPS) is 32.9. The van der Waals surface area contributed by atoms with E-state index in [9.17, 15) is 4.79 Å². The van der Waals surface area contributed by atoms with E-state index in [0.29, 0.717) is 5.92 Å². The highest BCUT2D eigenvalue weighted by molar-refractivity contribution is 5.82. The van der Waals surface area contributed by atoms with Crippen LogP contribution in [0.2, 0.25) is 0 Å². The molecule has 92 valence electrons. The van der Waals surface area contributed by atoms with Gasteiger partial charge in [-0.05, 0) is 25.3 Å². The summed E-state index contributed by atoms with van der Waals surface area (Å²) in [6.07, 6.45) is 2.32. The summed E-state index contributed by atoms with van der Waals surface area (Å²) < 4.78 is 5.17. The van der Waals surface area contributed by atoms with Gasteiger partial charge in [-0.3, -0.25) is 4.79 Å². The largest absolute Gasteiger partial charge is 0.380 e. The Balaban J connectivity index is 1.78. The van der Waals surface area contributed by atoms with Crippen LogP contribution >= 0.6 is 0 Å². The molecule has 1 amide bonds. The summed E-state index contributed by atoms with van der Waals surface area (Å²) in [5, 5.41) is 6.34. The first-order chi connectivity index (χ1) is 7.61. The molecular formula is C12H22N2O2. The second kappa shape index (κ2) is 4.72. The van der Waals surface area contributed by atoms with Crippen LogP contribution in [0.15, 0.2) is 0 Å². The molecule has 0 radical (unpaired) electrons. The average molecular weight is 226 g/mol. The number of carbonyl (C=O) groups excluding carboxylic acids is 1. The molecule has 2 aliphatic heterocycles. The zero-order valence-corrected chi connectivity index (χ0v) is 10.2. The van der Waals surface area contributed by atoms with Crippen LogP contribution in [0.4, 0.5) is 0 Å². The molecule has 0 bridgehead atoms. The average Bonchev–Trinajstić information content (AvgIpc) is 2.24. The highest BCUT2D eigenvalue weighted by atomic mass is 16.5. The lowest BCUT2D eigenvalue weighted by molar-refractivity contribution is -0.130. The predicted octanol–water partition coefficient (Wildman–Crippen LogP) is 0.527. The van der Waals surface area contributed by atoms with Crippen molar-refractivity contribution >= 4 is 5.91 Å². The molecule has 0 saturated carbocycles. The molecule has 2 heterocycles. The third-order valence-electron chi connectivity index (χ3n) is 3.64. The molecular weight excluding hydrogens is 204 g/mol. The van der Waals surface area contributed by atoms with Gasteiger partial charge in [-0.1, -0.05) is 13.8 Å². The molecule has 16 heavy (non-hydrogen) atoms. The summed E-state index contributed by atoms with van der Waals surface area (Å²) in [4.78, 5) is 12.0. The number of carbonyl (C=O) groups is 1. The molecule has 2 atom stereocenters. The van der Waals surface area contributed by atoms with Gasteiger partial charge in [-0.25, -0.2) is 0 Å². The quantitative estimate of drug-likeness (QED) is 0.738. The van der Waals surface area contributed by atoms with Gasteiger partial charge in [0.05, 0.1) is 19.3 Å². The van der Waals surface area contributed by atoms with E-state index in [2.05, 4.69) is 24.5 Å². The summed E-state index contributed by atoms with van der Waals surface area (Å²) >= 11 is 0. The summed E-state index contributed by atoms with van der Waals surface area (Å²) in [7, 11) is 0. The maximum atomic E-state index is 12.0. The Morgan fingerprint density at radius 2 is 2.31 bits per heavy atom. The molecule has 4 nitrogen and oxygen atoms in total. The first kappa shape index (κ1) is 11.9. The maximum absolute atomic E-state index is 12.0. The fraction of sp³-hybridized carbons (Fsp3) is 0.917. The van der Waals surface area contributed by atoms with E-state index in [0.717, 1.165) is 32.7 Å². The van der Waals surface area contributed by atoms with Crippen molar-refractivity contribution in [3.63, 3.8) is 0 Å². The molecule has 0 aromatic carbocycles. The van der Waals surface area contributed by atoms with Crippen LogP contribution in [0.5, 0.6) is 0 Å². The smallest absolute Gasteiger partial charge is 0.237 e. The molecule has 2 fully saturated rings. The van der Waals surface area contributed by atoms with Crippen LogP contribution in [0.25, 0.3) is 0 Å². The minimum Gasteiger partial charge on any atom is -0.380 e. The molecule has 0 aliphatic carbocycles. The van der Waals surface area contributed by atoms with Crippen molar-refractivity contribution in [1.82, 2.24) is 10.6 Å². The number of amides is 1. The Morgan fingerprint density at radius 3 is 2.88 bits per heavy atom. The first-order valence-corrected chi connectivity index (χ1v) is 6.20. The predicted molar refractivity (Wildman–Crippen MR) is 62.1 cm³/mol. The van der Waals surface area contributed by atoms with Crippen molar-refractivity contribution in [3.8, 4) is 0 Å². The van der Waals surface area contributed by atoms with E-state index < -0.39 is 0 Å². The number of hydrogen-bond donors (Lipinski definition) is 2. The van der Waals surface area contributed by atoms with Crippen molar-refractivity contribution in [2.45, 2.75) is 32.7 Å². The third kappa shape index (κ3) is 2.55. The van der Waals surface area contributed by atoms with Crippen LogP contribution < -0.4 is 10.6 Å². The molecule has 0 aromatic heterocycles. The first-order valence-electron chi connectivity index (χ1n) is 6.20. The van der Waals surface area contributed by atoms with E-state index in [-0.39, 0.29) is 17.4 Å². The van der Waals surface area contributed by atoms with E-state index in [4.69, 9.17) is 4.74 Å². The van der Waals surface area contributed by atoms with Gasteiger partial charge in [0.15, 0.2) is 0 Å². The Hall–Kier alpha value is -0.610. The fourth-order valence-corrected chi connectivity index (χ4v) is 2.36. The molecule has 0 aromatic rings. The van der Waals surface area contributed by atoms with Crippen molar-refractivity contribution < 1.29 is 9.53 Å². The third-order valence-corrected chi connectivity index (χ3v) is 3.64. The van der Waals surface area contributed by atoms with Crippen LogP contribution in [0.1, 0.15) is 26.7 Å². The summed E-state index contributed by atoms with van der Waals surface area (Å²) in [6, 6.07) is -0.00153. The number of hydrogen-bond acceptors (Lipinski definition) is 3. The maximum Gasteiger partial charge on any atom is 0.237 e. The number of nitrogens with one attached hydrogen (secondary N) is 2. The van der Waals surface area contributed by atoms with E-state index in [1.54, 1.807) is 0 Å². The van der Waals surface area contributed by atoms with Gasteiger partial charge >= 0.3 is 0 Å². The van der Waals surface area contributed by atoms with E-state index in [1.807, 2.05) is 0 Å². The molecule has 4 heteroatoms. The van der Waals surface area contributed by atoms with Gasteiger partial charge in [0, 0.05) is 12.0 Å². The molecule has 2 aliphatic rings. The Labute approximate surface area is 97.1 Å². The summed E-state index contributed by atoms with van der Waals surface area (Å²) in [5.41, 5.74) is 0.160. The van der Waals surface area contributed by atoms with Gasteiger partial charge in [-0.15, -0.1) is 0 Å². The van der Waals surface area contributed by atoms with Crippen LogP contribution in [-0.2, 0) is 9.53 Å². The molecule has 0 spiro atoms. The van der Waals surface area contributed by atoms with Crippen LogP contribution in [-0.4, -0.2) is 38.3 Å². The van der Waals surface area contributed by atoms with Crippen LogP contribution in [0.3, 0.4) is 0 Å². The second-order valence-corrected chi connectivity index (χ2v) is 5.57. The topological polar surface area (TPSA) is 50.4 Å². The number of piperidine rings is 1. The van der Waals surface area contributed by atoms with Gasteiger partial charge in [0.25, 0.3) is 0 Å². The van der Waals surface area contributed by atoms with Crippen molar-refractivity contribution in [2.24, 2.45) is 11.3 Å².